The third-order valence-corrected chi connectivity index (χ3v) is 4.41. The van der Waals surface area contributed by atoms with Crippen molar-refractivity contribution in [2.45, 2.75) is 32.2 Å². The number of rotatable bonds is 4. The fourth-order valence-corrected chi connectivity index (χ4v) is 3.40. The predicted molar refractivity (Wildman–Crippen MR) is 86.4 cm³/mol. The zero-order chi connectivity index (χ0) is 16.4. The standard InChI is InChI=1S/C18H21NO4/c1-3-22-17(20)11-8-9-15-14(10-11)12-6-5-7-13(12)16(19-15)18(21)23-4-2/h5-6,8-10,12-13,16,19H,3-4,7H2,1-2H3/t12-,13-,16+/m1/s1. The minimum absolute atomic E-state index is 0.120. The Hall–Kier alpha value is -2.30. The number of carbonyl (C=O) groups excluding carboxylic acids is 2. The van der Waals surface area contributed by atoms with Crippen LogP contribution in [0.4, 0.5) is 5.69 Å². The number of benzene rings is 1. The van der Waals surface area contributed by atoms with Crippen molar-refractivity contribution >= 4 is 17.6 Å². The maximum Gasteiger partial charge on any atom is 0.338 e. The number of nitrogens with one attached hydrogen (secondary N) is 1. The quantitative estimate of drug-likeness (QED) is 0.683. The first kappa shape index (κ1) is 15.6. The van der Waals surface area contributed by atoms with Crippen LogP contribution in [0.5, 0.6) is 0 Å². The van der Waals surface area contributed by atoms with Gasteiger partial charge in [-0.1, -0.05) is 12.2 Å². The molecule has 0 unspecified atom stereocenters. The molecule has 1 aliphatic heterocycles. The molecular weight excluding hydrogens is 294 g/mol. The molecular formula is C18H21NO4. The lowest BCUT2D eigenvalue weighted by Crippen LogP contribution is -2.43. The molecule has 3 rings (SSSR count). The molecule has 23 heavy (non-hydrogen) atoms. The number of fused-ring (bicyclic) bond motifs is 3. The van der Waals surface area contributed by atoms with Gasteiger partial charge in [0.05, 0.1) is 18.8 Å². The summed E-state index contributed by atoms with van der Waals surface area (Å²) in [5.74, 6) is -0.290. The van der Waals surface area contributed by atoms with Gasteiger partial charge in [-0.05, 0) is 44.0 Å². The first-order valence-corrected chi connectivity index (χ1v) is 8.06. The Kier molecular flexibility index (Phi) is 4.37. The van der Waals surface area contributed by atoms with Crippen molar-refractivity contribution < 1.29 is 19.1 Å². The topological polar surface area (TPSA) is 64.6 Å². The molecule has 1 aliphatic carbocycles. The molecule has 0 spiro atoms. The number of esters is 2. The zero-order valence-corrected chi connectivity index (χ0v) is 13.4. The Balaban J connectivity index is 1.93. The van der Waals surface area contributed by atoms with E-state index in [0.717, 1.165) is 17.7 Å². The van der Waals surface area contributed by atoms with Crippen molar-refractivity contribution in [2.24, 2.45) is 5.92 Å². The molecule has 3 atom stereocenters. The molecule has 0 bridgehead atoms. The van der Waals surface area contributed by atoms with Gasteiger partial charge in [-0.15, -0.1) is 0 Å². The van der Waals surface area contributed by atoms with Crippen LogP contribution >= 0.6 is 0 Å². The largest absolute Gasteiger partial charge is 0.464 e. The molecule has 1 aromatic rings. The van der Waals surface area contributed by atoms with E-state index in [0.29, 0.717) is 18.8 Å². The Morgan fingerprint density at radius 3 is 2.74 bits per heavy atom. The van der Waals surface area contributed by atoms with Crippen LogP contribution in [0, 0.1) is 5.92 Å². The lowest BCUT2D eigenvalue weighted by molar-refractivity contribution is -0.145. The molecule has 1 N–H and O–H groups in total. The summed E-state index contributed by atoms with van der Waals surface area (Å²) >= 11 is 0. The minimum Gasteiger partial charge on any atom is -0.464 e. The first-order chi connectivity index (χ1) is 11.2. The van der Waals surface area contributed by atoms with E-state index in [1.54, 1.807) is 13.0 Å². The van der Waals surface area contributed by atoms with Gasteiger partial charge in [0.25, 0.3) is 0 Å². The highest BCUT2D eigenvalue weighted by atomic mass is 16.5. The number of hydrogen-bond donors (Lipinski definition) is 1. The van der Waals surface area contributed by atoms with Gasteiger partial charge in [-0.3, -0.25) is 0 Å². The van der Waals surface area contributed by atoms with Crippen LogP contribution in [0.15, 0.2) is 30.4 Å². The molecule has 1 heterocycles. The second kappa shape index (κ2) is 6.44. The summed E-state index contributed by atoms with van der Waals surface area (Å²) in [7, 11) is 0. The number of carbonyl (C=O) groups is 2. The van der Waals surface area contributed by atoms with Gasteiger partial charge < -0.3 is 14.8 Å². The van der Waals surface area contributed by atoms with Crippen LogP contribution in [0.25, 0.3) is 0 Å². The van der Waals surface area contributed by atoms with Crippen molar-refractivity contribution in [1.29, 1.82) is 0 Å². The Morgan fingerprint density at radius 2 is 2.00 bits per heavy atom. The highest BCUT2D eigenvalue weighted by Crippen LogP contribution is 2.45. The molecule has 2 aliphatic rings. The summed E-state index contributed by atoms with van der Waals surface area (Å²) in [6, 6.07) is 5.09. The van der Waals surface area contributed by atoms with E-state index < -0.39 is 0 Å². The van der Waals surface area contributed by atoms with Crippen molar-refractivity contribution in [1.82, 2.24) is 0 Å². The molecule has 5 heteroatoms. The summed E-state index contributed by atoms with van der Waals surface area (Å²) in [5.41, 5.74) is 2.46. The number of ether oxygens (including phenoxy) is 2. The van der Waals surface area contributed by atoms with E-state index in [2.05, 4.69) is 17.5 Å². The van der Waals surface area contributed by atoms with E-state index in [9.17, 15) is 9.59 Å². The van der Waals surface area contributed by atoms with E-state index in [-0.39, 0.29) is 29.8 Å². The van der Waals surface area contributed by atoms with E-state index in [1.807, 2.05) is 19.1 Å². The van der Waals surface area contributed by atoms with Crippen molar-refractivity contribution in [3.8, 4) is 0 Å². The van der Waals surface area contributed by atoms with Gasteiger partial charge in [-0.2, -0.15) is 0 Å². The van der Waals surface area contributed by atoms with E-state index >= 15 is 0 Å². The van der Waals surface area contributed by atoms with Crippen LogP contribution < -0.4 is 5.32 Å². The second-order valence-corrected chi connectivity index (χ2v) is 5.75. The zero-order valence-electron chi connectivity index (χ0n) is 13.4. The second-order valence-electron chi connectivity index (χ2n) is 5.75. The maximum absolute atomic E-state index is 12.2. The lowest BCUT2D eigenvalue weighted by Gasteiger charge is -2.35. The molecule has 0 saturated carbocycles. The number of allylic oxidation sites excluding steroid dienone is 2. The van der Waals surface area contributed by atoms with Crippen LogP contribution in [-0.4, -0.2) is 31.2 Å². The van der Waals surface area contributed by atoms with Crippen LogP contribution in [0.1, 0.15) is 42.1 Å². The number of anilines is 1. The SMILES string of the molecule is CCOC(=O)c1ccc2c(c1)[C@@H]1C=CC[C@H]1[C@@H](C(=O)OCC)N2. The van der Waals surface area contributed by atoms with Crippen LogP contribution in [0.2, 0.25) is 0 Å². The average Bonchev–Trinajstić information content (AvgIpc) is 3.04. The van der Waals surface area contributed by atoms with Gasteiger partial charge in [0.2, 0.25) is 0 Å². The normalized spacial score (nSPS) is 24.3. The predicted octanol–water partition coefficient (Wildman–Crippen LogP) is 2.88. The van der Waals surface area contributed by atoms with E-state index in [4.69, 9.17) is 9.47 Å². The van der Waals surface area contributed by atoms with Crippen molar-refractivity contribution in [3.05, 3.63) is 41.5 Å². The summed E-state index contributed by atoms with van der Waals surface area (Å²) < 4.78 is 10.3. The maximum atomic E-state index is 12.2. The third-order valence-electron chi connectivity index (χ3n) is 4.41. The fourth-order valence-electron chi connectivity index (χ4n) is 3.40. The van der Waals surface area contributed by atoms with Crippen molar-refractivity contribution in [2.75, 3.05) is 18.5 Å². The van der Waals surface area contributed by atoms with Gasteiger partial charge in [0.1, 0.15) is 6.04 Å². The molecule has 122 valence electrons. The number of hydrogen-bond acceptors (Lipinski definition) is 5. The summed E-state index contributed by atoms with van der Waals surface area (Å²) in [5, 5.41) is 3.28. The Morgan fingerprint density at radius 1 is 1.22 bits per heavy atom. The molecule has 0 fully saturated rings. The highest BCUT2D eigenvalue weighted by Gasteiger charge is 2.41. The molecule has 0 aromatic heterocycles. The van der Waals surface area contributed by atoms with Gasteiger partial charge in [0, 0.05) is 17.5 Å². The molecule has 0 radical (unpaired) electrons. The van der Waals surface area contributed by atoms with Gasteiger partial charge >= 0.3 is 11.9 Å². The molecule has 1 aromatic carbocycles. The summed E-state index contributed by atoms with van der Waals surface area (Å²) in [6.45, 7) is 4.32. The van der Waals surface area contributed by atoms with E-state index in [1.165, 1.54) is 0 Å². The third kappa shape index (κ3) is 2.83. The fraction of sp³-hybridized carbons (Fsp3) is 0.444. The molecule has 0 saturated heterocycles. The van der Waals surface area contributed by atoms with Crippen LogP contribution in [-0.2, 0) is 14.3 Å². The van der Waals surface area contributed by atoms with Gasteiger partial charge in [0.15, 0.2) is 0 Å². The summed E-state index contributed by atoms with van der Waals surface area (Å²) in [4.78, 5) is 24.2. The van der Waals surface area contributed by atoms with Crippen LogP contribution in [0.3, 0.4) is 0 Å². The Bertz CT molecular complexity index is 652. The Labute approximate surface area is 135 Å². The van der Waals surface area contributed by atoms with Crippen molar-refractivity contribution in [3.63, 3.8) is 0 Å². The van der Waals surface area contributed by atoms with Gasteiger partial charge in [-0.25, -0.2) is 9.59 Å². The monoisotopic (exact) mass is 315 g/mol. The smallest absolute Gasteiger partial charge is 0.338 e. The average molecular weight is 315 g/mol. The lowest BCUT2D eigenvalue weighted by atomic mass is 9.79. The highest BCUT2D eigenvalue weighted by molar-refractivity contribution is 5.91. The summed E-state index contributed by atoms with van der Waals surface area (Å²) in [6.07, 6.45) is 5.03. The molecule has 5 nitrogen and oxygen atoms in total. The minimum atomic E-state index is -0.351. The first-order valence-electron chi connectivity index (χ1n) is 8.06. The molecule has 0 amide bonds.